The van der Waals surface area contributed by atoms with E-state index in [2.05, 4.69) is 22.8 Å². The van der Waals surface area contributed by atoms with Crippen LogP contribution in [0, 0.1) is 0 Å². The van der Waals surface area contributed by atoms with Crippen molar-refractivity contribution in [3.05, 3.63) is 71.8 Å². The Morgan fingerprint density at radius 1 is 1.11 bits per heavy atom. The molecule has 0 saturated carbocycles. The molecule has 142 valence electrons. The number of carbonyl (C=O) groups excluding carboxylic acids is 2. The Balaban J connectivity index is 1.49. The van der Waals surface area contributed by atoms with Gasteiger partial charge in [-0.05, 0) is 43.4 Å². The van der Waals surface area contributed by atoms with Gasteiger partial charge in [-0.1, -0.05) is 60.7 Å². The zero-order valence-electron chi connectivity index (χ0n) is 15.6. The number of rotatable bonds is 6. The van der Waals surface area contributed by atoms with E-state index in [9.17, 15) is 9.59 Å². The van der Waals surface area contributed by atoms with Crippen molar-refractivity contribution in [2.24, 2.45) is 0 Å². The molecule has 5 nitrogen and oxygen atoms in total. The summed E-state index contributed by atoms with van der Waals surface area (Å²) in [7, 11) is 0. The minimum absolute atomic E-state index is 0.153. The van der Waals surface area contributed by atoms with Crippen molar-refractivity contribution >= 4 is 11.9 Å². The Bertz CT molecular complexity index is 749. The summed E-state index contributed by atoms with van der Waals surface area (Å²) in [5.74, 6) is -0.231. The minimum Gasteiger partial charge on any atom is -0.459 e. The van der Waals surface area contributed by atoms with Crippen LogP contribution in [0.4, 0.5) is 0 Å². The third-order valence-electron chi connectivity index (χ3n) is 4.93. The monoisotopic (exact) mass is 366 g/mol. The fourth-order valence-electron chi connectivity index (χ4n) is 3.37. The van der Waals surface area contributed by atoms with E-state index < -0.39 is 12.0 Å². The molecule has 0 aliphatic carbocycles. The number of esters is 1. The highest BCUT2D eigenvalue weighted by Gasteiger charge is 2.29. The Labute approximate surface area is 160 Å². The summed E-state index contributed by atoms with van der Waals surface area (Å²) in [6.45, 7) is 2.64. The van der Waals surface area contributed by atoms with Gasteiger partial charge in [-0.3, -0.25) is 4.79 Å². The summed E-state index contributed by atoms with van der Waals surface area (Å²) >= 11 is 0. The molecule has 2 aromatic carbocycles. The Morgan fingerprint density at radius 3 is 2.48 bits per heavy atom. The summed E-state index contributed by atoms with van der Waals surface area (Å²) in [6.07, 6.45) is 1.73. The number of amides is 1. The highest BCUT2D eigenvalue weighted by molar-refractivity contribution is 5.87. The van der Waals surface area contributed by atoms with Gasteiger partial charge >= 0.3 is 5.97 Å². The van der Waals surface area contributed by atoms with Crippen molar-refractivity contribution in [1.29, 1.82) is 0 Å². The molecule has 1 amide bonds. The van der Waals surface area contributed by atoms with Gasteiger partial charge in [-0.25, -0.2) is 4.79 Å². The molecule has 1 fully saturated rings. The SMILES string of the molecule is C[C@H](NC(=O)[C@H]1C[C@@H](c2ccccc2)CCN1)C(=O)OCc1ccccc1. The molecule has 0 bridgehead atoms. The van der Waals surface area contributed by atoms with Gasteiger partial charge in [-0.15, -0.1) is 0 Å². The standard InChI is InChI=1S/C22H26N2O3/c1-16(22(26)27-15-17-8-4-2-5-9-17)24-21(25)20-14-19(12-13-23-20)18-10-6-3-7-11-18/h2-11,16,19-20,23H,12-15H2,1H3,(H,24,25)/t16-,19-,20+/m0/s1. The molecule has 1 aliphatic heterocycles. The van der Waals surface area contributed by atoms with E-state index >= 15 is 0 Å². The number of hydrogen-bond acceptors (Lipinski definition) is 4. The second kappa shape index (κ2) is 9.33. The largest absolute Gasteiger partial charge is 0.459 e. The number of nitrogens with one attached hydrogen (secondary N) is 2. The molecular weight excluding hydrogens is 340 g/mol. The molecule has 3 rings (SSSR count). The normalized spacial score (nSPS) is 20.5. The van der Waals surface area contributed by atoms with Gasteiger partial charge in [0.25, 0.3) is 0 Å². The van der Waals surface area contributed by atoms with Gasteiger partial charge in [0.15, 0.2) is 0 Å². The average Bonchev–Trinajstić information content (AvgIpc) is 2.73. The quantitative estimate of drug-likeness (QED) is 0.772. The third kappa shape index (κ3) is 5.41. The van der Waals surface area contributed by atoms with Crippen molar-refractivity contribution in [3.8, 4) is 0 Å². The molecule has 2 aromatic rings. The molecule has 1 heterocycles. The Hall–Kier alpha value is -2.66. The summed E-state index contributed by atoms with van der Waals surface area (Å²) in [6, 6.07) is 18.8. The molecule has 0 radical (unpaired) electrons. The van der Waals surface area contributed by atoms with Crippen LogP contribution in [-0.4, -0.2) is 30.5 Å². The van der Waals surface area contributed by atoms with E-state index in [-0.39, 0.29) is 18.6 Å². The summed E-state index contributed by atoms with van der Waals surface area (Å²) in [4.78, 5) is 24.7. The molecule has 1 aliphatic rings. The van der Waals surface area contributed by atoms with Gasteiger partial charge in [0.2, 0.25) is 5.91 Å². The number of hydrogen-bond donors (Lipinski definition) is 2. The van der Waals surface area contributed by atoms with Gasteiger partial charge in [0, 0.05) is 0 Å². The van der Waals surface area contributed by atoms with Crippen LogP contribution in [0.3, 0.4) is 0 Å². The first-order valence-electron chi connectivity index (χ1n) is 9.42. The lowest BCUT2D eigenvalue weighted by molar-refractivity contribution is -0.148. The average molecular weight is 366 g/mol. The maximum atomic E-state index is 12.6. The third-order valence-corrected chi connectivity index (χ3v) is 4.93. The van der Waals surface area contributed by atoms with E-state index in [4.69, 9.17) is 4.74 Å². The molecule has 3 atom stereocenters. The topological polar surface area (TPSA) is 67.4 Å². The van der Waals surface area contributed by atoms with E-state index in [1.54, 1.807) is 6.92 Å². The van der Waals surface area contributed by atoms with Crippen LogP contribution in [0.5, 0.6) is 0 Å². The van der Waals surface area contributed by atoms with Crippen LogP contribution >= 0.6 is 0 Å². The molecule has 27 heavy (non-hydrogen) atoms. The molecule has 0 spiro atoms. The van der Waals surface area contributed by atoms with Crippen molar-refractivity contribution in [1.82, 2.24) is 10.6 Å². The lowest BCUT2D eigenvalue weighted by atomic mass is 9.86. The lowest BCUT2D eigenvalue weighted by Gasteiger charge is -2.30. The highest BCUT2D eigenvalue weighted by Crippen LogP contribution is 2.27. The fourth-order valence-corrected chi connectivity index (χ4v) is 3.37. The molecular formula is C22H26N2O3. The highest BCUT2D eigenvalue weighted by atomic mass is 16.5. The zero-order chi connectivity index (χ0) is 19.1. The molecule has 1 saturated heterocycles. The minimum atomic E-state index is -0.680. The summed E-state index contributed by atoms with van der Waals surface area (Å²) in [5, 5.41) is 6.04. The van der Waals surface area contributed by atoms with Crippen molar-refractivity contribution < 1.29 is 14.3 Å². The van der Waals surface area contributed by atoms with Crippen LogP contribution in [-0.2, 0) is 20.9 Å². The first kappa shape index (κ1) is 19.1. The van der Waals surface area contributed by atoms with Gasteiger partial charge in [0.05, 0.1) is 6.04 Å². The lowest BCUT2D eigenvalue weighted by Crippen LogP contribution is -2.52. The molecule has 5 heteroatoms. The van der Waals surface area contributed by atoms with Crippen LogP contribution in [0.2, 0.25) is 0 Å². The predicted molar refractivity (Wildman–Crippen MR) is 104 cm³/mol. The van der Waals surface area contributed by atoms with Crippen molar-refractivity contribution in [3.63, 3.8) is 0 Å². The fraction of sp³-hybridized carbons (Fsp3) is 0.364. The van der Waals surface area contributed by atoms with Crippen molar-refractivity contribution in [2.75, 3.05) is 6.54 Å². The number of benzene rings is 2. The van der Waals surface area contributed by atoms with E-state index in [1.165, 1.54) is 5.56 Å². The number of piperidine rings is 1. The second-order valence-electron chi connectivity index (χ2n) is 6.96. The number of carbonyl (C=O) groups is 2. The first-order chi connectivity index (χ1) is 13.1. The van der Waals surface area contributed by atoms with Gasteiger partial charge in [0.1, 0.15) is 12.6 Å². The smallest absolute Gasteiger partial charge is 0.328 e. The molecule has 0 aromatic heterocycles. The first-order valence-corrected chi connectivity index (χ1v) is 9.42. The molecule has 0 unspecified atom stereocenters. The Kier molecular flexibility index (Phi) is 6.60. The van der Waals surface area contributed by atoms with E-state index in [1.807, 2.05) is 48.5 Å². The molecule has 2 N–H and O–H groups in total. The zero-order valence-corrected chi connectivity index (χ0v) is 15.6. The maximum absolute atomic E-state index is 12.6. The van der Waals surface area contributed by atoms with Crippen LogP contribution in [0.1, 0.15) is 36.8 Å². The van der Waals surface area contributed by atoms with Crippen LogP contribution < -0.4 is 10.6 Å². The van der Waals surface area contributed by atoms with E-state index in [0.29, 0.717) is 5.92 Å². The van der Waals surface area contributed by atoms with Crippen LogP contribution in [0.15, 0.2) is 60.7 Å². The van der Waals surface area contributed by atoms with Crippen LogP contribution in [0.25, 0.3) is 0 Å². The van der Waals surface area contributed by atoms with Crippen molar-refractivity contribution in [2.45, 2.75) is 44.4 Å². The maximum Gasteiger partial charge on any atom is 0.328 e. The van der Waals surface area contributed by atoms with Gasteiger partial charge < -0.3 is 15.4 Å². The van der Waals surface area contributed by atoms with E-state index in [0.717, 1.165) is 24.9 Å². The second-order valence-corrected chi connectivity index (χ2v) is 6.96. The summed E-state index contributed by atoms with van der Waals surface area (Å²) in [5.41, 5.74) is 2.18. The predicted octanol–water partition coefficient (Wildman–Crippen LogP) is 2.77. The van der Waals surface area contributed by atoms with Gasteiger partial charge in [-0.2, -0.15) is 0 Å². The number of ether oxygens (including phenoxy) is 1. The Morgan fingerprint density at radius 2 is 1.78 bits per heavy atom. The summed E-state index contributed by atoms with van der Waals surface area (Å²) < 4.78 is 5.29.